The standard InChI is InChI=1S/C12H16N4O3S/c17-8-7-16-10-12(9-14-16)20(18,19)15-6-3-11-1-4-13-5-2-11/h1-2,4-5,9-10,15,17H,3,6-8H2. The first-order valence-electron chi connectivity index (χ1n) is 6.14. The van der Waals surface area contributed by atoms with Crippen LogP contribution in [0, 0.1) is 0 Å². The first kappa shape index (κ1) is 14.6. The molecule has 0 aliphatic carbocycles. The normalized spacial score (nSPS) is 11.7. The average molecular weight is 296 g/mol. The van der Waals surface area contributed by atoms with Gasteiger partial charge in [0.2, 0.25) is 10.0 Å². The predicted molar refractivity (Wildman–Crippen MR) is 72.4 cm³/mol. The van der Waals surface area contributed by atoms with E-state index >= 15 is 0 Å². The maximum absolute atomic E-state index is 12.0. The van der Waals surface area contributed by atoms with Gasteiger partial charge in [-0.3, -0.25) is 9.67 Å². The number of rotatable bonds is 7. The highest BCUT2D eigenvalue weighted by molar-refractivity contribution is 7.89. The third-order valence-electron chi connectivity index (χ3n) is 2.70. The lowest BCUT2D eigenvalue weighted by Crippen LogP contribution is -2.25. The van der Waals surface area contributed by atoms with Crippen LogP contribution >= 0.6 is 0 Å². The second-order valence-corrected chi connectivity index (χ2v) is 5.93. The Morgan fingerprint density at radius 3 is 2.75 bits per heavy atom. The van der Waals surface area contributed by atoms with Crippen molar-refractivity contribution in [1.29, 1.82) is 0 Å². The van der Waals surface area contributed by atoms with E-state index in [4.69, 9.17) is 5.11 Å². The van der Waals surface area contributed by atoms with Crippen LogP contribution in [0.4, 0.5) is 0 Å². The van der Waals surface area contributed by atoms with Crippen LogP contribution in [0.5, 0.6) is 0 Å². The Bertz CT molecular complexity index is 640. The van der Waals surface area contributed by atoms with Gasteiger partial charge < -0.3 is 5.11 Å². The van der Waals surface area contributed by atoms with Crippen LogP contribution in [0.15, 0.2) is 41.8 Å². The molecule has 0 aromatic carbocycles. The van der Waals surface area contributed by atoms with Crippen LogP contribution in [0.1, 0.15) is 5.56 Å². The van der Waals surface area contributed by atoms with Gasteiger partial charge in [-0.15, -0.1) is 0 Å². The summed E-state index contributed by atoms with van der Waals surface area (Å²) in [6.07, 6.45) is 6.59. The maximum Gasteiger partial charge on any atom is 0.243 e. The molecule has 0 unspecified atom stereocenters. The van der Waals surface area contributed by atoms with Crippen molar-refractivity contribution in [3.63, 3.8) is 0 Å². The minimum Gasteiger partial charge on any atom is -0.394 e. The molecule has 7 nitrogen and oxygen atoms in total. The first-order chi connectivity index (χ1) is 9.62. The van der Waals surface area contributed by atoms with E-state index in [-0.39, 0.29) is 18.0 Å². The number of aromatic nitrogens is 3. The Morgan fingerprint density at radius 2 is 2.05 bits per heavy atom. The van der Waals surface area contributed by atoms with Crippen LogP contribution < -0.4 is 4.72 Å². The van der Waals surface area contributed by atoms with Crippen molar-refractivity contribution in [3.8, 4) is 0 Å². The van der Waals surface area contributed by atoms with Gasteiger partial charge in [-0.1, -0.05) is 0 Å². The molecule has 0 aliphatic rings. The highest BCUT2D eigenvalue weighted by Gasteiger charge is 2.15. The second-order valence-electron chi connectivity index (χ2n) is 4.17. The number of nitrogens with zero attached hydrogens (tertiary/aromatic N) is 3. The average Bonchev–Trinajstić information content (AvgIpc) is 2.90. The van der Waals surface area contributed by atoms with Crippen molar-refractivity contribution in [1.82, 2.24) is 19.5 Å². The number of aliphatic hydroxyl groups is 1. The summed E-state index contributed by atoms with van der Waals surface area (Å²) in [7, 11) is -3.56. The topological polar surface area (TPSA) is 97.1 Å². The monoisotopic (exact) mass is 296 g/mol. The summed E-state index contributed by atoms with van der Waals surface area (Å²) >= 11 is 0. The molecule has 0 bridgehead atoms. The van der Waals surface area contributed by atoms with Crippen LogP contribution in [0.2, 0.25) is 0 Å². The Hall–Kier alpha value is -1.77. The third-order valence-corrected chi connectivity index (χ3v) is 4.12. The molecule has 0 aliphatic heterocycles. The van der Waals surface area contributed by atoms with E-state index in [9.17, 15) is 8.42 Å². The van der Waals surface area contributed by atoms with Gasteiger partial charge >= 0.3 is 0 Å². The molecule has 0 radical (unpaired) electrons. The second kappa shape index (κ2) is 6.60. The van der Waals surface area contributed by atoms with E-state index in [1.165, 1.54) is 17.1 Å². The molecule has 2 heterocycles. The van der Waals surface area contributed by atoms with Gasteiger partial charge in [-0.05, 0) is 24.1 Å². The highest BCUT2D eigenvalue weighted by Crippen LogP contribution is 2.07. The number of aliphatic hydroxyl groups excluding tert-OH is 1. The van der Waals surface area contributed by atoms with Gasteiger partial charge in [0.1, 0.15) is 4.90 Å². The summed E-state index contributed by atoms with van der Waals surface area (Å²) in [5, 5.41) is 12.6. The Labute approximate surface area is 117 Å². The van der Waals surface area contributed by atoms with Gasteiger partial charge in [0.05, 0.1) is 19.3 Å². The quantitative estimate of drug-likeness (QED) is 0.737. The van der Waals surface area contributed by atoms with Crippen molar-refractivity contribution in [3.05, 3.63) is 42.5 Å². The van der Waals surface area contributed by atoms with E-state index in [1.807, 2.05) is 12.1 Å². The smallest absolute Gasteiger partial charge is 0.243 e. The minimum atomic E-state index is -3.56. The van der Waals surface area contributed by atoms with Crippen LogP contribution in [-0.2, 0) is 23.0 Å². The molecule has 0 spiro atoms. The van der Waals surface area contributed by atoms with Crippen LogP contribution in [0.3, 0.4) is 0 Å². The number of pyridine rings is 1. The van der Waals surface area contributed by atoms with Crippen molar-refractivity contribution in [2.24, 2.45) is 0 Å². The van der Waals surface area contributed by atoms with E-state index in [0.29, 0.717) is 13.0 Å². The van der Waals surface area contributed by atoms with E-state index < -0.39 is 10.0 Å². The SMILES string of the molecule is O=S(=O)(NCCc1ccncc1)c1cnn(CCO)c1. The lowest BCUT2D eigenvalue weighted by molar-refractivity contribution is 0.269. The van der Waals surface area contributed by atoms with Gasteiger partial charge in [0, 0.05) is 25.1 Å². The van der Waals surface area contributed by atoms with Gasteiger partial charge in [-0.2, -0.15) is 5.10 Å². The summed E-state index contributed by atoms with van der Waals surface area (Å²) < 4.78 is 27.9. The molecule has 108 valence electrons. The van der Waals surface area contributed by atoms with Crippen LogP contribution in [-0.4, -0.2) is 41.4 Å². The fourth-order valence-electron chi connectivity index (χ4n) is 1.67. The Balaban J connectivity index is 1.93. The molecular weight excluding hydrogens is 280 g/mol. The molecule has 2 rings (SSSR count). The summed E-state index contributed by atoms with van der Waals surface area (Å²) in [6.45, 7) is 0.487. The fraction of sp³-hybridized carbons (Fsp3) is 0.333. The van der Waals surface area contributed by atoms with Gasteiger partial charge in [0.25, 0.3) is 0 Å². The molecule has 0 atom stereocenters. The fourth-order valence-corrected chi connectivity index (χ4v) is 2.65. The molecule has 8 heteroatoms. The predicted octanol–water partition coefficient (Wildman–Crippen LogP) is -0.209. The van der Waals surface area contributed by atoms with Crippen molar-refractivity contribution >= 4 is 10.0 Å². The molecule has 0 fully saturated rings. The summed E-state index contributed by atoms with van der Waals surface area (Å²) in [5.74, 6) is 0. The number of hydrogen-bond acceptors (Lipinski definition) is 5. The van der Waals surface area contributed by atoms with Crippen molar-refractivity contribution in [2.45, 2.75) is 17.9 Å². The molecule has 0 saturated heterocycles. The Kier molecular flexibility index (Phi) is 4.83. The zero-order valence-electron chi connectivity index (χ0n) is 10.8. The minimum absolute atomic E-state index is 0.0867. The largest absolute Gasteiger partial charge is 0.394 e. The lowest BCUT2D eigenvalue weighted by atomic mass is 10.2. The third kappa shape index (κ3) is 3.86. The molecular formula is C12H16N4O3S. The number of hydrogen-bond donors (Lipinski definition) is 2. The zero-order valence-corrected chi connectivity index (χ0v) is 11.6. The molecule has 2 N–H and O–H groups in total. The number of nitrogens with one attached hydrogen (secondary N) is 1. The highest BCUT2D eigenvalue weighted by atomic mass is 32.2. The Morgan fingerprint density at radius 1 is 1.30 bits per heavy atom. The summed E-state index contributed by atoms with van der Waals surface area (Å²) in [5.41, 5.74) is 1.01. The van der Waals surface area contributed by atoms with E-state index in [2.05, 4.69) is 14.8 Å². The van der Waals surface area contributed by atoms with Crippen LogP contribution in [0.25, 0.3) is 0 Å². The molecule has 2 aromatic rings. The van der Waals surface area contributed by atoms with E-state index in [0.717, 1.165) is 5.56 Å². The van der Waals surface area contributed by atoms with Gasteiger partial charge in [0.15, 0.2) is 0 Å². The van der Waals surface area contributed by atoms with E-state index in [1.54, 1.807) is 12.4 Å². The molecule has 2 aromatic heterocycles. The zero-order chi connectivity index (χ0) is 14.4. The van der Waals surface area contributed by atoms with Crippen molar-refractivity contribution in [2.75, 3.05) is 13.2 Å². The number of sulfonamides is 1. The summed E-state index contributed by atoms with van der Waals surface area (Å²) in [6, 6.07) is 3.68. The first-order valence-corrected chi connectivity index (χ1v) is 7.62. The molecule has 20 heavy (non-hydrogen) atoms. The lowest BCUT2D eigenvalue weighted by Gasteiger charge is -2.04. The summed E-state index contributed by atoms with van der Waals surface area (Å²) in [4.78, 5) is 4.00. The molecule has 0 saturated carbocycles. The molecule has 0 amide bonds. The van der Waals surface area contributed by atoms with Gasteiger partial charge in [-0.25, -0.2) is 13.1 Å². The maximum atomic E-state index is 12.0. The van der Waals surface area contributed by atoms with Crippen molar-refractivity contribution < 1.29 is 13.5 Å².